The quantitative estimate of drug-likeness (QED) is 0.468. The molecular weight excluding hydrogens is 428 g/mol. The van der Waals surface area contributed by atoms with Crippen LogP contribution in [-0.4, -0.2) is 32.2 Å². The van der Waals surface area contributed by atoms with Gasteiger partial charge in [-0.25, -0.2) is 22.2 Å². The zero-order valence-corrected chi connectivity index (χ0v) is 18.2. The van der Waals surface area contributed by atoms with Crippen molar-refractivity contribution in [3.05, 3.63) is 35.3 Å². The van der Waals surface area contributed by atoms with E-state index < -0.39 is 27.6 Å². The number of alkyl halides is 2. The lowest BCUT2D eigenvalue weighted by molar-refractivity contribution is -0.0686. The van der Waals surface area contributed by atoms with Gasteiger partial charge in [-0.2, -0.15) is 0 Å². The molecular formula is C22H23F2NO3S2. The lowest BCUT2D eigenvalue weighted by atomic mass is 9.78. The molecule has 1 heterocycles. The maximum absolute atomic E-state index is 13.9. The monoisotopic (exact) mass is 451 g/mol. The standard InChI is InChI=1S/C22H23F2NO3S2/c1-30(26,27)11-9-15-8-10-22(23,24)12-18(15)14-28-19-6-4-17(5-7-19)21-25-13-20(29-21)16-2-3-16/h4-7,13,15-16,18H,2-3,8,10,12,14H2,1H3. The largest absolute Gasteiger partial charge is 0.493 e. The predicted octanol–water partition coefficient (Wildman–Crippen LogP) is 5.12. The zero-order chi connectivity index (χ0) is 21.4. The molecule has 0 spiro atoms. The van der Waals surface area contributed by atoms with Crippen molar-refractivity contribution in [2.75, 3.05) is 12.9 Å². The Hall–Kier alpha value is -1.98. The Labute approximate surface area is 179 Å². The normalized spacial score (nSPS) is 23.4. The van der Waals surface area contributed by atoms with Crippen molar-refractivity contribution in [3.63, 3.8) is 0 Å². The minimum absolute atomic E-state index is 0.0706. The van der Waals surface area contributed by atoms with E-state index in [0.717, 1.165) is 16.8 Å². The minimum atomic E-state index is -3.47. The van der Waals surface area contributed by atoms with Gasteiger partial charge >= 0.3 is 0 Å². The zero-order valence-electron chi connectivity index (χ0n) is 16.6. The summed E-state index contributed by atoms with van der Waals surface area (Å²) in [6.07, 6.45) is 4.98. The Kier molecular flexibility index (Phi) is 5.86. The third-order valence-corrected chi connectivity index (χ3v) is 7.15. The molecule has 1 aromatic heterocycles. The van der Waals surface area contributed by atoms with Crippen LogP contribution in [0.2, 0.25) is 0 Å². The number of benzene rings is 1. The predicted molar refractivity (Wildman–Crippen MR) is 113 cm³/mol. The molecule has 2 unspecified atom stereocenters. The first kappa shape index (κ1) is 21.3. The fraction of sp³-hybridized carbons (Fsp3) is 0.500. The highest BCUT2D eigenvalue weighted by molar-refractivity contribution is 7.95. The third kappa shape index (κ3) is 5.58. The van der Waals surface area contributed by atoms with E-state index in [1.165, 1.54) is 17.7 Å². The topological polar surface area (TPSA) is 56.3 Å². The number of rotatable bonds is 5. The highest BCUT2D eigenvalue weighted by Gasteiger charge is 2.41. The number of thiazole rings is 1. The fourth-order valence-corrected chi connectivity index (χ4v) is 5.11. The van der Waals surface area contributed by atoms with Gasteiger partial charge in [-0.15, -0.1) is 11.3 Å². The van der Waals surface area contributed by atoms with E-state index >= 15 is 0 Å². The molecule has 2 fully saturated rings. The Morgan fingerprint density at radius 2 is 1.97 bits per heavy atom. The van der Waals surface area contributed by atoms with Gasteiger partial charge in [0, 0.05) is 46.6 Å². The van der Waals surface area contributed by atoms with Crippen molar-refractivity contribution in [1.82, 2.24) is 4.98 Å². The molecule has 2 aliphatic carbocycles. The van der Waals surface area contributed by atoms with Crippen LogP contribution < -0.4 is 4.74 Å². The van der Waals surface area contributed by atoms with E-state index in [1.807, 2.05) is 30.5 Å². The molecule has 1 aromatic carbocycles. The lowest BCUT2D eigenvalue weighted by Crippen LogP contribution is -2.35. The van der Waals surface area contributed by atoms with Crippen molar-refractivity contribution in [3.8, 4) is 27.5 Å². The first-order valence-electron chi connectivity index (χ1n) is 9.98. The minimum Gasteiger partial charge on any atom is -0.493 e. The Morgan fingerprint density at radius 3 is 2.63 bits per heavy atom. The van der Waals surface area contributed by atoms with E-state index in [1.54, 1.807) is 11.3 Å². The van der Waals surface area contributed by atoms with Crippen LogP contribution in [0, 0.1) is 23.0 Å². The van der Waals surface area contributed by atoms with Crippen LogP contribution in [0.15, 0.2) is 30.5 Å². The summed E-state index contributed by atoms with van der Waals surface area (Å²) in [5, 5.41) is 3.17. The van der Waals surface area contributed by atoms with E-state index in [-0.39, 0.29) is 25.9 Å². The SMILES string of the molecule is CS(=O)(=O)C#CC1CCC(F)(F)CC1COc1ccc(-c2ncc(C3CC3)s2)cc1. The van der Waals surface area contributed by atoms with Crippen LogP contribution in [0.4, 0.5) is 8.78 Å². The molecule has 4 rings (SSSR count). The fourth-order valence-electron chi connectivity index (χ4n) is 3.65. The van der Waals surface area contributed by atoms with Crippen LogP contribution in [0.1, 0.15) is 42.9 Å². The van der Waals surface area contributed by atoms with Gasteiger partial charge in [0.15, 0.2) is 0 Å². The third-order valence-electron chi connectivity index (χ3n) is 5.45. The van der Waals surface area contributed by atoms with Gasteiger partial charge in [0.1, 0.15) is 10.8 Å². The first-order valence-corrected chi connectivity index (χ1v) is 12.7. The van der Waals surface area contributed by atoms with Crippen molar-refractivity contribution in [2.45, 2.75) is 43.9 Å². The molecule has 0 bridgehead atoms. The summed E-state index contributed by atoms with van der Waals surface area (Å²) in [5.74, 6) is 0.212. The van der Waals surface area contributed by atoms with Crippen molar-refractivity contribution < 1.29 is 21.9 Å². The van der Waals surface area contributed by atoms with E-state index in [2.05, 4.69) is 16.2 Å². The molecule has 30 heavy (non-hydrogen) atoms. The highest BCUT2D eigenvalue weighted by Crippen LogP contribution is 2.44. The van der Waals surface area contributed by atoms with E-state index in [4.69, 9.17) is 4.74 Å². The molecule has 2 atom stereocenters. The molecule has 8 heteroatoms. The van der Waals surface area contributed by atoms with Crippen LogP contribution in [0.25, 0.3) is 10.6 Å². The van der Waals surface area contributed by atoms with Gasteiger partial charge in [-0.05, 0) is 49.4 Å². The number of ether oxygens (including phenoxy) is 1. The highest BCUT2D eigenvalue weighted by atomic mass is 32.2. The number of halogens is 2. The Balaban J connectivity index is 1.41. The number of aromatic nitrogens is 1. The van der Waals surface area contributed by atoms with Gasteiger partial charge in [0.05, 0.1) is 12.9 Å². The van der Waals surface area contributed by atoms with E-state index in [0.29, 0.717) is 11.7 Å². The number of hydrogen-bond donors (Lipinski definition) is 0. The van der Waals surface area contributed by atoms with Gasteiger partial charge in [-0.3, -0.25) is 0 Å². The maximum atomic E-state index is 13.9. The molecule has 0 saturated heterocycles. The second-order valence-corrected chi connectivity index (χ2v) is 11.0. The molecule has 0 radical (unpaired) electrons. The molecule has 4 nitrogen and oxygen atoms in total. The second-order valence-electron chi connectivity index (χ2n) is 8.16. The number of nitrogens with zero attached hydrogens (tertiary/aromatic N) is 1. The van der Waals surface area contributed by atoms with Gasteiger partial charge in [0.25, 0.3) is 0 Å². The van der Waals surface area contributed by atoms with Gasteiger partial charge in [0.2, 0.25) is 15.8 Å². The van der Waals surface area contributed by atoms with Crippen LogP contribution in [0.3, 0.4) is 0 Å². The molecule has 0 aliphatic heterocycles. The Bertz CT molecular complexity index is 1060. The maximum Gasteiger partial charge on any atom is 0.248 e. The van der Waals surface area contributed by atoms with Crippen LogP contribution in [-0.2, 0) is 9.84 Å². The lowest BCUT2D eigenvalue weighted by Gasteiger charge is -2.33. The van der Waals surface area contributed by atoms with Crippen LogP contribution in [0.5, 0.6) is 5.75 Å². The molecule has 0 amide bonds. The summed E-state index contributed by atoms with van der Waals surface area (Å²) in [7, 11) is -3.47. The number of hydrogen-bond acceptors (Lipinski definition) is 5. The Morgan fingerprint density at radius 1 is 1.23 bits per heavy atom. The first-order chi connectivity index (χ1) is 14.2. The molecule has 2 aromatic rings. The smallest absolute Gasteiger partial charge is 0.248 e. The van der Waals surface area contributed by atoms with Crippen molar-refractivity contribution in [2.24, 2.45) is 11.8 Å². The van der Waals surface area contributed by atoms with Crippen molar-refractivity contribution >= 4 is 21.2 Å². The van der Waals surface area contributed by atoms with Gasteiger partial charge in [-0.1, -0.05) is 5.92 Å². The van der Waals surface area contributed by atoms with Gasteiger partial charge < -0.3 is 4.74 Å². The molecule has 160 valence electrons. The summed E-state index contributed by atoms with van der Waals surface area (Å²) in [4.78, 5) is 5.82. The summed E-state index contributed by atoms with van der Waals surface area (Å²) < 4.78 is 56.2. The summed E-state index contributed by atoms with van der Waals surface area (Å²) >= 11 is 1.71. The summed E-state index contributed by atoms with van der Waals surface area (Å²) in [6.45, 7) is 0.0706. The molecule has 0 N–H and O–H groups in total. The second kappa shape index (κ2) is 8.27. The average Bonchev–Trinajstić information content (AvgIpc) is 3.42. The van der Waals surface area contributed by atoms with Crippen molar-refractivity contribution in [1.29, 1.82) is 0 Å². The summed E-state index contributed by atoms with van der Waals surface area (Å²) in [5.41, 5.74) is 1.00. The van der Waals surface area contributed by atoms with E-state index in [9.17, 15) is 17.2 Å². The average molecular weight is 452 g/mol. The molecule has 2 saturated carbocycles. The number of sulfone groups is 1. The molecule has 2 aliphatic rings. The summed E-state index contributed by atoms with van der Waals surface area (Å²) in [6, 6.07) is 7.46. The van der Waals surface area contributed by atoms with Crippen LogP contribution >= 0.6 is 11.3 Å².